The molecule has 0 fully saturated rings. The smallest absolute Gasteiger partial charge is 0.112 e. The van der Waals surface area contributed by atoms with Crippen LogP contribution in [0.4, 0.5) is 0 Å². The fraction of sp³-hybridized carbons (Fsp3) is 0.0312. The molecule has 3 heterocycles. The summed E-state index contributed by atoms with van der Waals surface area (Å²) in [5.41, 5.74) is 9.22. The number of hydrogen-bond donors (Lipinski definition) is 0. The molecule has 4 nitrogen and oxygen atoms in total. The summed E-state index contributed by atoms with van der Waals surface area (Å²) in [5.74, 6) is 0. The van der Waals surface area contributed by atoms with Crippen molar-refractivity contribution >= 4 is 54.6 Å². The number of benzene rings is 5. The second-order valence-electron chi connectivity index (χ2n) is 9.43. The number of nitrogens with zero attached hydrogens (tertiary/aromatic N) is 4. The Kier molecular flexibility index (Phi) is 3.84. The molecule has 0 N–H and O–H groups in total. The van der Waals surface area contributed by atoms with Gasteiger partial charge in [-0.15, -0.1) is 0 Å². The van der Waals surface area contributed by atoms with Crippen LogP contribution in [-0.4, -0.2) is 18.7 Å². The normalized spacial score (nSPS) is 12.0. The fourth-order valence-electron chi connectivity index (χ4n) is 5.87. The number of aryl methyl sites for hydroxylation is 1. The van der Waals surface area contributed by atoms with Gasteiger partial charge >= 0.3 is 0 Å². The first-order valence-corrected chi connectivity index (χ1v) is 12.2. The number of hydrogen-bond acceptors (Lipinski definition) is 1. The third-order valence-corrected chi connectivity index (χ3v) is 7.45. The molecule has 0 saturated carbocycles. The Bertz CT molecular complexity index is 2110. The molecule has 8 aromatic rings. The van der Waals surface area contributed by atoms with E-state index >= 15 is 0 Å². The zero-order valence-corrected chi connectivity index (χ0v) is 19.8. The van der Waals surface area contributed by atoms with Crippen molar-refractivity contribution in [3.63, 3.8) is 0 Å². The molecule has 0 radical (unpaired) electrons. The van der Waals surface area contributed by atoms with Crippen molar-refractivity contribution in [1.29, 1.82) is 0 Å². The van der Waals surface area contributed by atoms with E-state index in [0.29, 0.717) is 0 Å². The van der Waals surface area contributed by atoms with Crippen molar-refractivity contribution in [3.8, 4) is 11.4 Å². The predicted molar refractivity (Wildman–Crippen MR) is 149 cm³/mol. The summed E-state index contributed by atoms with van der Waals surface area (Å²) >= 11 is 0. The minimum Gasteiger partial charge on any atom is -0.334 e. The lowest BCUT2D eigenvalue weighted by Gasteiger charge is -2.10. The van der Waals surface area contributed by atoms with Gasteiger partial charge in [0.15, 0.2) is 0 Å². The molecule has 0 aliphatic heterocycles. The van der Waals surface area contributed by atoms with Gasteiger partial charge in [0, 0.05) is 34.3 Å². The zero-order chi connectivity index (χ0) is 23.8. The Morgan fingerprint density at radius 2 is 1.08 bits per heavy atom. The summed E-state index contributed by atoms with van der Waals surface area (Å²) in [7, 11) is 2.05. The molecule has 4 heteroatoms. The standard InChI is InChI=1S/C32H22N4/c1-34-20-33-32-28(34)16-9-17-29(32)36-27-15-8-6-13-23(27)25-18-30-24(19-31(25)36)22-12-5-7-14-26(22)35(30)21-10-3-2-4-11-21/h2-20H,1H3. The second-order valence-corrected chi connectivity index (χ2v) is 9.43. The molecular weight excluding hydrogens is 440 g/mol. The minimum atomic E-state index is 1.01. The topological polar surface area (TPSA) is 27.7 Å². The summed E-state index contributed by atoms with van der Waals surface area (Å²) in [6.45, 7) is 0. The Labute approximate surface area is 207 Å². The molecule has 36 heavy (non-hydrogen) atoms. The first-order chi connectivity index (χ1) is 17.8. The van der Waals surface area contributed by atoms with Gasteiger partial charge in [0.25, 0.3) is 0 Å². The maximum absolute atomic E-state index is 4.78. The molecule has 0 unspecified atom stereocenters. The predicted octanol–water partition coefficient (Wildman–Crippen LogP) is 7.77. The number of para-hydroxylation sites is 4. The number of imidazole rings is 1. The highest BCUT2D eigenvalue weighted by Gasteiger charge is 2.19. The molecule has 0 aliphatic carbocycles. The Morgan fingerprint density at radius 3 is 1.81 bits per heavy atom. The van der Waals surface area contributed by atoms with E-state index in [1.54, 1.807) is 0 Å². The van der Waals surface area contributed by atoms with Crippen LogP contribution in [0.1, 0.15) is 0 Å². The molecule has 0 saturated heterocycles. The minimum absolute atomic E-state index is 1.01. The number of rotatable bonds is 2. The first kappa shape index (κ1) is 19.5. The number of fused-ring (bicyclic) bond motifs is 7. The summed E-state index contributed by atoms with van der Waals surface area (Å²) < 4.78 is 6.85. The van der Waals surface area contributed by atoms with E-state index < -0.39 is 0 Å². The van der Waals surface area contributed by atoms with Gasteiger partial charge in [0.2, 0.25) is 0 Å². The van der Waals surface area contributed by atoms with Gasteiger partial charge in [-0.05, 0) is 48.5 Å². The monoisotopic (exact) mass is 462 g/mol. The highest BCUT2D eigenvalue weighted by Crippen LogP contribution is 2.40. The van der Waals surface area contributed by atoms with E-state index in [4.69, 9.17) is 4.98 Å². The lowest BCUT2D eigenvalue weighted by atomic mass is 10.1. The third kappa shape index (κ3) is 2.50. The van der Waals surface area contributed by atoms with E-state index in [9.17, 15) is 0 Å². The van der Waals surface area contributed by atoms with Crippen molar-refractivity contribution in [2.45, 2.75) is 0 Å². The van der Waals surface area contributed by atoms with Gasteiger partial charge < -0.3 is 13.7 Å². The van der Waals surface area contributed by atoms with Gasteiger partial charge in [-0.25, -0.2) is 4.98 Å². The van der Waals surface area contributed by atoms with Crippen LogP contribution in [-0.2, 0) is 7.05 Å². The highest BCUT2D eigenvalue weighted by atomic mass is 15.1. The van der Waals surface area contributed by atoms with E-state index in [-0.39, 0.29) is 0 Å². The first-order valence-electron chi connectivity index (χ1n) is 12.2. The molecule has 8 rings (SSSR count). The summed E-state index contributed by atoms with van der Waals surface area (Å²) in [4.78, 5) is 4.78. The lowest BCUT2D eigenvalue weighted by Crippen LogP contribution is -1.96. The van der Waals surface area contributed by atoms with Crippen LogP contribution in [0.5, 0.6) is 0 Å². The molecule has 0 aliphatic rings. The maximum atomic E-state index is 4.78. The third-order valence-electron chi connectivity index (χ3n) is 7.45. The van der Waals surface area contributed by atoms with Gasteiger partial charge in [0.05, 0.1) is 39.6 Å². The Balaban J connectivity index is 1.58. The van der Waals surface area contributed by atoms with Crippen molar-refractivity contribution in [3.05, 3.63) is 116 Å². The SMILES string of the molecule is Cn1cnc2c(-n3c4ccccc4c4cc5c(cc43)c3ccccc3n5-c3ccccc3)cccc21. The maximum Gasteiger partial charge on any atom is 0.112 e. The Morgan fingerprint density at radius 1 is 0.500 bits per heavy atom. The zero-order valence-electron chi connectivity index (χ0n) is 19.8. The van der Waals surface area contributed by atoms with Crippen LogP contribution < -0.4 is 0 Å². The summed E-state index contributed by atoms with van der Waals surface area (Å²) in [6, 6.07) is 39.2. The molecule has 170 valence electrons. The van der Waals surface area contributed by atoms with Crippen molar-refractivity contribution in [2.75, 3.05) is 0 Å². The van der Waals surface area contributed by atoms with Crippen molar-refractivity contribution in [1.82, 2.24) is 18.7 Å². The molecule has 0 spiro atoms. The molecule has 0 atom stereocenters. The summed E-state index contributed by atoms with van der Waals surface area (Å²) in [5, 5.41) is 4.99. The number of aromatic nitrogens is 4. The van der Waals surface area contributed by atoms with Gasteiger partial charge in [-0.1, -0.05) is 60.7 Å². The average Bonchev–Trinajstić information content (AvgIpc) is 3.57. The lowest BCUT2D eigenvalue weighted by molar-refractivity contribution is 0.948. The van der Waals surface area contributed by atoms with E-state index in [1.807, 2.05) is 13.4 Å². The van der Waals surface area contributed by atoms with E-state index in [2.05, 4.69) is 123 Å². The fourth-order valence-corrected chi connectivity index (χ4v) is 5.87. The second kappa shape index (κ2) is 7.09. The largest absolute Gasteiger partial charge is 0.334 e. The van der Waals surface area contributed by atoms with Gasteiger partial charge in [-0.2, -0.15) is 0 Å². The van der Waals surface area contributed by atoms with Gasteiger partial charge in [-0.3, -0.25) is 0 Å². The molecular formula is C32H22N4. The highest BCUT2D eigenvalue weighted by molar-refractivity contribution is 6.19. The molecule has 0 bridgehead atoms. The van der Waals surface area contributed by atoms with Crippen molar-refractivity contribution < 1.29 is 0 Å². The van der Waals surface area contributed by atoms with Gasteiger partial charge in [0.1, 0.15) is 5.52 Å². The molecule has 3 aromatic heterocycles. The molecule has 5 aromatic carbocycles. The quantitative estimate of drug-likeness (QED) is 0.258. The summed E-state index contributed by atoms with van der Waals surface area (Å²) in [6.07, 6.45) is 1.90. The van der Waals surface area contributed by atoms with Crippen LogP contribution in [0.3, 0.4) is 0 Å². The molecule has 0 amide bonds. The van der Waals surface area contributed by atoms with E-state index in [1.165, 1.54) is 49.3 Å². The van der Waals surface area contributed by atoms with Crippen LogP contribution in [0, 0.1) is 0 Å². The van der Waals surface area contributed by atoms with Crippen molar-refractivity contribution in [2.24, 2.45) is 7.05 Å². The van der Waals surface area contributed by atoms with Crippen LogP contribution in [0.15, 0.2) is 116 Å². The van der Waals surface area contributed by atoms with E-state index in [0.717, 1.165) is 16.7 Å². The van der Waals surface area contributed by atoms with Crippen LogP contribution in [0.2, 0.25) is 0 Å². The van der Waals surface area contributed by atoms with Crippen LogP contribution >= 0.6 is 0 Å². The Hall–Kier alpha value is -4.83. The average molecular weight is 463 g/mol. The van der Waals surface area contributed by atoms with Crippen LogP contribution in [0.25, 0.3) is 66.0 Å².